The average molecular weight is 753 g/mol. The van der Waals surface area contributed by atoms with Crippen molar-refractivity contribution in [2.24, 2.45) is 7.05 Å². The van der Waals surface area contributed by atoms with E-state index in [-0.39, 0.29) is 59.6 Å². The molecule has 286 valence electrons. The van der Waals surface area contributed by atoms with Crippen LogP contribution >= 0.6 is 0 Å². The van der Waals surface area contributed by atoms with Crippen LogP contribution in [0.4, 0.5) is 10.6 Å². The van der Waals surface area contributed by atoms with Gasteiger partial charge in [0.1, 0.15) is 48.7 Å². The highest BCUT2D eigenvalue weighted by atomic mass is 16.7. The molecule has 2 aromatic carbocycles. The summed E-state index contributed by atoms with van der Waals surface area (Å²) in [5.74, 6) is -3.75. The normalized spacial score (nSPS) is 26.2. The van der Waals surface area contributed by atoms with Crippen molar-refractivity contribution in [2.45, 2.75) is 76.0 Å². The molecule has 0 bridgehead atoms. The largest absolute Gasteiger partial charge is 0.507 e. The molecular formula is C35H36N4O15. The number of carbonyl (C=O) groups is 4. The van der Waals surface area contributed by atoms with Crippen molar-refractivity contribution in [1.29, 1.82) is 0 Å². The van der Waals surface area contributed by atoms with Gasteiger partial charge in [0, 0.05) is 36.0 Å². The van der Waals surface area contributed by atoms with Gasteiger partial charge in [-0.1, -0.05) is 12.1 Å². The fourth-order valence-electron chi connectivity index (χ4n) is 7.64. The van der Waals surface area contributed by atoms with Crippen LogP contribution in [-0.4, -0.2) is 109 Å². The monoisotopic (exact) mass is 752 g/mol. The molecule has 1 unspecified atom stereocenters. The van der Waals surface area contributed by atoms with Gasteiger partial charge in [-0.05, 0) is 24.8 Å². The number of phenolic OH excluding ortho intramolecular Hbond substituents is 2. The predicted molar refractivity (Wildman–Crippen MR) is 178 cm³/mol. The second kappa shape index (κ2) is 13.7. The third-order valence-electron chi connectivity index (χ3n) is 10.5. The van der Waals surface area contributed by atoms with Crippen molar-refractivity contribution in [3.63, 3.8) is 0 Å². The first-order valence-corrected chi connectivity index (χ1v) is 16.9. The number of fused-ring (bicyclic) bond motifs is 4. The van der Waals surface area contributed by atoms with Gasteiger partial charge in [0.2, 0.25) is 11.6 Å². The highest BCUT2D eigenvalue weighted by Gasteiger charge is 2.51. The van der Waals surface area contributed by atoms with E-state index < -0.39 is 107 Å². The van der Waals surface area contributed by atoms with Gasteiger partial charge in [0.15, 0.2) is 24.5 Å². The molecule has 0 radical (unpaired) electrons. The highest BCUT2D eigenvalue weighted by Crippen LogP contribution is 2.52. The molecule has 0 spiro atoms. The number of phenols is 2. The summed E-state index contributed by atoms with van der Waals surface area (Å²) in [5.41, 5.74) is -3.58. The molecule has 2 aliphatic carbocycles. The van der Waals surface area contributed by atoms with Crippen LogP contribution in [0.15, 0.2) is 24.4 Å². The SMILES string of the molecule is COc1cccc2c1C(=O)c1c(O)c3c(c(O)c1C2=O)C[C@@](O)(C(C)=O)C[C@@H]3O[C@H]1CC2[C@H](OCOCN2C(=O)OCc2ncc([N+](=O)[O-])n2C)[C@H](C)O1. The molecule has 6 atom stereocenters. The number of ketones is 3. The van der Waals surface area contributed by atoms with Crippen molar-refractivity contribution in [3.05, 3.63) is 73.7 Å². The highest BCUT2D eigenvalue weighted by molar-refractivity contribution is 6.31. The Balaban J connectivity index is 1.22. The number of ether oxygens (including phenoxy) is 6. The van der Waals surface area contributed by atoms with Crippen LogP contribution in [0.5, 0.6) is 17.2 Å². The van der Waals surface area contributed by atoms with E-state index in [9.17, 15) is 44.6 Å². The summed E-state index contributed by atoms with van der Waals surface area (Å²) < 4.78 is 35.9. The van der Waals surface area contributed by atoms with Crippen LogP contribution in [0.2, 0.25) is 0 Å². The first kappa shape index (κ1) is 36.9. The molecule has 2 fully saturated rings. The Morgan fingerprint density at radius 3 is 2.57 bits per heavy atom. The molecule has 3 aromatic rings. The van der Waals surface area contributed by atoms with E-state index in [0.29, 0.717) is 0 Å². The number of amides is 1. The molecule has 4 aliphatic rings. The number of aliphatic hydroxyl groups is 1. The number of hydrogen-bond acceptors (Lipinski definition) is 16. The van der Waals surface area contributed by atoms with Gasteiger partial charge >= 0.3 is 11.9 Å². The zero-order valence-corrected chi connectivity index (χ0v) is 29.5. The number of benzene rings is 2. The molecule has 1 aromatic heterocycles. The van der Waals surface area contributed by atoms with Gasteiger partial charge in [-0.2, -0.15) is 0 Å². The third kappa shape index (κ3) is 5.93. The molecule has 2 aliphatic heterocycles. The lowest BCUT2D eigenvalue weighted by Crippen LogP contribution is -2.57. The molecule has 1 amide bonds. The maximum atomic E-state index is 14.0. The van der Waals surface area contributed by atoms with Gasteiger partial charge in [-0.15, -0.1) is 0 Å². The number of aromatic hydroxyl groups is 2. The van der Waals surface area contributed by atoms with E-state index in [1.807, 2.05) is 0 Å². The lowest BCUT2D eigenvalue weighted by Gasteiger charge is -2.44. The number of rotatable bonds is 7. The Morgan fingerprint density at radius 2 is 1.89 bits per heavy atom. The summed E-state index contributed by atoms with van der Waals surface area (Å²) in [6.45, 7) is 1.92. The van der Waals surface area contributed by atoms with Gasteiger partial charge in [-0.25, -0.2) is 14.3 Å². The topological polar surface area (TPSA) is 249 Å². The standard InChI is InChI=1S/C35H36N4O15/c1-15-33-19(38(13-50-14-52-33)34(45)51-12-22-36-11-23(37(22)3)39(47)48)8-24(53-15)54-21-10-35(46,16(2)40)9-18-26(21)32(44)28-27(30(18)42)29(41)17-6-5-7-20(49-4)25(17)31(28)43/h5-7,11,15,19,21,24,33,42,44,46H,8-10,12-14H2,1-4H3/t15-,19?,21-,24-,33+,35-/m0/s1. The van der Waals surface area contributed by atoms with E-state index in [0.717, 1.165) is 13.1 Å². The summed E-state index contributed by atoms with van der Waals surface area (Å²) in [4.78, 5) is 69.9. The van der Waals surface area contributed by atoms with Gasteiger partial charge in [0.25, 0.3) is 0 Å². The van der Waals surface area contributed by atoms with Crippen LogP contribution in [0, 0.1) is 10.1 Å². The summed E-state index contributed by atoms with van der Waals surface area (Å²) in [5, 5.41) is 46.3. The van der Waals surface area contributed by atoms with Gasteiger partial charge in [0.05, 0.1) is 49.1 Å². The molecule has 19 heteroatoms. The first-order valence-electron chi connectivity index (χ1n) is 16.9. The van der Waals surface area contributed by atoms with E-state index in [1.54, 1.807) is 6.92 Å². The molecule has 3 heterocycles. The predicted octanol–water partition coefficient (Wildman–Crippen LogP) is 2.32. The zero-order valence-electron chi connectivity index (χ0n) is 29.5. The number of hydrogen-bond donors (Lipinski definition) is 3. The Hall–Kier alpha value is -5.47. The van der Waals surface area contributed by atoms with Crippen LogP contribution in [0.25, 0.3) is 0 Å². The van der Waals surface area contributed by atoms with Crippen molar-refractivity contribution in [2.75, 3.05) is 20.6 Å². The summed E-state index contributed by atoms with van der Waals surface area (Å²) in [6.07, 6.45) is -4.98. The number of carbonyl (C=O) groups excluding carboxylic acids is 4. The number of imidazole rings is 1. The van der Waals surface area contributed by atoms with E-state index in [4.69, 9.17) is 28.4 Å². The molecule has 19 nitrogen and oxygen atoms in total. The molecular weight excluding hydrogens is 716 g/mol. The van der Waals surface area contributed by atoms with Crippen molar-refractivity contribution < 1.29 is 67.8 Å². The molecule has 54 heavy (non-hydrogen) atoms. The number of nitrogens with zero attached hydrogens (tertiary/aromatic N) is 4. The fourth-order valence-corrected chi connectivity index (χ4v) is 7.64. The minimum absolute atomic E-state index is 0.0648. The molecule has 7 rings (SSSR count). The quantitative estimate of drug-likeness (QED) is 0.139. The third-order valence-corrected chi connectivity index (χ3v) is 10.5. The average Bonchev–Trinajstić information content (AvgIpc) is 3.36. The first-order chi connectivity index (χ1) is 25.7. The van der Waals surface area contributed by atoms with E-state index in [2.05, 4.69) is 4.98 Å². The lowest BCUT2D eigenvalue weighted by molar-refractivity contribution is -0.391. The number of aromatic nitrogens is 2. The Morgan fingerprint density at radius 1 is 1.15 bits per heavy atom. The minimum atomic E-state index is -2.13. The van der Waals surface area contributed by atoms with Crippen molar-refractivity contribution in [1.82, 2.24) is 14.5 Å². The second-order valence-corrected chi connectivity index (χ2v) is 13.5. The van der Waals surface area contributed by atoms with Crippen LogP contribution < -0.4 is 4.74 Å². The minimum Gasteiger partial charge on any atom is -0.507 e. The number of Topliss-reactive ketones (excluding diaryl/α,β-unsaturated/α-hetero) is 1. The van der Waals surface area contributed by atoms with Crippen LogP contribution in [0.3, 0.4) is 0 Å². The van der Waals surface area contributed by atoms with Crippen LogP contribution in [0.1, 0.15) is 81.6 Å². The molecule has 2 saturated heterocycles. The Bertz CT molecular complexity index is 2100. The molecule has 3 N–H and O–H groups in total. The summed E-state index contributed by atoms with van der Waals surface area (Å²) >= 11 is 0. The van der Waals surface area contributed by atoms with Crippen LogP contribution in [-0.2, 0) is 48.6 Å². The smallest absolute Gasteiger partial charge is 0.412 e. The number of nitro groups is 1. The zero-order chi connectivity index (χ0) is 38.8. The van der Waals surface area contributed by atoms with E-state index >= 15 is 0 Å². The number of methoxy groups -OCH3 is 1. The summed E-state index contributed by atoms with van der Waals surface area (Å²) in [6, 6.07) is 3.55. The lowest BCUT2D eigenvalue weighted by atomic mass is 9.72. The van der Waals surface area contributed by atoms with Crippen molar-refractivity contribution >= 4 is 29.3 Å². The maximum Gasteiger partial charge on any atom is 0.412 e. The van der Waals surface area contributed by atoms with Crippen molar-refractivity contribution in [3.8, 4) is 17.2 Å². The fraction of sp³-hybridized carbons (Fsp3) is 0.457. The van der Waals surface area contributed by atoms with Gasteiger partial charge < -0.3 is 53.9 Å². The van der Waals surface area contributed by atoms with Gasteiger partial charge in [-0.3, -0.25) is 19.3 Å². The van der Waals surface area contributed by atoms with E-state index in [1.165, 1.54) is 41.8 Å². The second-order valence-electron chi connectivity index (χ2n) is 13.5. The molecule has 0 saturated carbocycles. The Labute approximate surface area is 306 Å². The summed E-state index contributed by atoms with van der Waals surface area (Å²) in [7, 11) is 2.72. The Kier molecular flexibility index (Phi) is 9.38. The maximum absolute atomic E-state index is 14.0.